The summed E-state index contributed by atoms with van der Waals surface area (Å²) in [6, 6.07) is 27.0. The number of benzene rings is 3. The highest BCUT2D eigenvalue weighted by molar-refractivity contribution is 5.41. The van der Waals surface area contributed by atoms with Crippen LogP contribution in [0.3, 0.4) is 0 Å². The van der Waals surface area contributed by atoms with E-state index in [0.717, 1.165) is 35.5 Å². The summed E-state index contributed by atoms with van der Waals surface area (Å²) in [6.45, 7) is 4.55. The first kappa shape index (κ1) is 25.3. The maximum Gasteiger partial charge on any atom is 0.209 e. The standard InChI is InChI=1S/C36H36O5/c1-21-29-33(39-31(21)23-13-5-3-6-14-23)25-17-9-11-19-27(25)37-35(29)41-36-30-22(2)32(24-15-7-4-8-16-24)40-34(30)26-18-10-12-20-28(26)38-36/h3-7,9-15,17-22,29-36H,8,16H2,1-2H3/t21?,22-,29-,30-,31-,32-,33-,34-,35+,36+/m0/s1. The number of rotatable bonds is 4. The van der Waals surface area contributed by atoms with Gasteiger partial charge >= 0.3 is 0 Å². The van der Waals surface area contributed by atoms with Crippen molar-refractivity contribution in [3.8, 4) is 11.5 Å². The van der Waals surface area contributed by atoms with Crippen LogP contribution in [-0.2, 0) is 14.2 Å². The average molecular weight is 549 g/mol. The second kappa shape index (κ2) is 10.2. The molecule has 4 heterocycles. The molecule has 10 atom stereocenters. The van der Waals surface area contributed by atoms with Gasteiger partial charge in [-0.3, -0.25) is 0 Å². The number of allylic oxidation sites excluding steroid dienone is 3. The van der Waals surface area contributed by atoms with Gasteiger partial charge in [-0.2, -0.15) is 0 Å². The Hall–Kier alpha value is -3.38. The minimum Gasteiger partial charge on any atom is -0.464 e. The second-order valence-electron chi connectivity index (χ2n) is 12.1. The molecule has 5 aliphatic rings. The Balaban J connectivity index is 1.15. The van der Waals surface area contributed by atoms with Gasteiger partial charge in [0.15, 0.2) is 0 Å². The fraction of sp³-hybridized carbons (Fsp3) is 0.389. The summed E-state index contributed by atoms with van der Waals surface area (Å²) in [5.41, 5.74) is 4.74. The van der Waals surface area contributed by atoms with Gasteiger partial charge in [0.2, 0.25) is 12.6 Å². The molecular formula is C36H36O5. The molecule has 0 saturated carbocycles. The Labute approximate surface area is 241 Å². The topological polar surface area (TPSA) is 46.2 Å². The van der Waals surface area contributed by atoms with Gasteiger partial charge < -0.3 is 23.7 Å². The minimum absolute atomic E-state index is 0.00828. The first-order valence-electron chi connectivity index (χ1n) is 15.1. The molecule has 2 fully saturated rings. The number of hydrogen-bond donors (Lipinski definition) is 0. The predicted molar refractivity (Wildman–Crippen MR) is 155 cm³/mol. The molecule has 0 amide bonds. The molecule has 210 valence electrons. The zero-order valence-electron chi connectivity index (χ0n) is 23.5. The monoisotopic (exact) mass is 548 g/mol. The van der Waals surface area contributed by atoms with Crippen LogP contribution < -0.4 is 9.47 Å². The van der Waals surface area contributed by atoms with Crippen molar-refractivity contribution in [1.29, 1.82) is 0 Å². The van der Waals surface area contributed by atoms with Crippen molar-refractivity contribution in [1.82, 2.24) is 0 Å². The van der Waals surface area contributed by atoms with E-state index in [0.29, 0.717) is 0 Å². The lowest BCUT2D eigenvalue weighted by Crippen LogP contribution is -2.47. The summed E-state index contributed by atoms with van der Waals surface area (Å²) in [4.78, 5) is 0. The number of fused-ring (bicyclic) bond motifs is 6. The van der Waals surface area contributed by atoms with Crippen LogP contribution in [0.1, 0.15) is 61.7 Å². The van der Waals surface area contributed by atoms with E-state index in [-0.39, 0.29) is 48.1 Å². The zero-order chi connectivity index (χ0) is 27.5. The fourth-order valence-electron chi connectivity index (χ4n) is 7.77. The van der Waals surface area contributed by atoms with Crippen molar-refractivity contribution in [2.75, 3.05) is 0 Å². The highest BCUT2D eigenvalue weighted by Gasteiger charge is 2.56. The molecule has 5 heteroatoms. The van der Waals surface area contributed by atoms with Crippen LogP contribution >= 0.6 is 0 Å². The van der Waals surface area contributed by atoms with Crippen LogP contribution in [0.5, 0.6) is 11.5 Å². The maximum absolute atomic E-state index is 7.00. The van der Waals surface area contributed by atoms with Crippen molar-refractivity contribution in [2.24, 2.45) is 23.7 Å². The van der Waals surface area contributed by atoms with Crippen LogP contribution in [0.25, 0.3) is 0 Å². The van der Waals surface area contributed by atoms with Crippen LogP contribution in [0.4, 0.5) is 0 Å². The van der Waals surface area contributed by atoms with Crippen molar-refractivity contribution in [3.05, 3.63) is 119 Å². The molecule has 0 spiro atoms. The summed E-state index contributed by atoms with van der Waals surface area (Å²) in [5.74, 6) is 2.08. The highest BCUT2D eigenvalue weighted by Crippen LogP contribution is 2.57. The molecule has 0 bridgehead atoms. The van der Waals surface area contributed by atoms with Crippen molar-refractivity contribution in [3.63, 3.8) is 0 Å². The van der Waals surface area contributed by atoms with Crippen LogP contribution in [0.15, 0.2) is 103 Å². The number of para-hydroxylation sites is 2. The number of ether oxygens (including phenoxy) is 5. The Bertz CT molecular complexity index is 1480. The second-order valence-corrected chi connectivity index (χ2v) is 12.1. The average Bonchev–Trinajstić information content (AvgIpc) is 3.56. The van der Waals surface area contributed by atoms with E-state index in [1.807, 2.05) is 30.3 Å². The minimum atomic E-state index is -0.516. The summed E-state index contributed by atoms with van der Waals surface area (Å²) in [6.07, 6.45) is 7.45. The third-order valence-corrected chi connectivity index (χ3v) is 9.83. The lowest BCUT2D eigenvalue weighted by atomic mass is 9.80. The fourth-order valence-corrected chi connectivity index (χ4v) is 7.77. The van der Waals surface area contributed by atoms with Gasteiger partial charge in [-0.05, 0) is 47.9 Å². The summed E-state index contributed by atoms with van der Waals surface area (Å²) < 4.78 is 34.1. The van der Waals surface area contributed by atoms with E-state index < -0.39 is 12.6 Å². The zero-order valence-corrected chi connectivity index (χ0v) is 23.5. The summed E-state index contributed by atoms with van der Waals surface area (Å²) in [7, 11) is 0. The molecule has 1 unspecified atom stereocenters. The quantitative estimate of drug-likeness (QED) is 0.332. The maximum atomic E-state index is 7.00. The first-order valence-corrected chi connectivity index (χ1v) is 15.1. The van der Waals surface area contributed by atoms with E-state index in [2.05, 4.69) is 80.6 Å². The van der Waals surface area contributed by atoms with E-state index >= 15 is 0 Å². The highest BCUT2D eigenvalue weighted by atomic mass is 16.8. The molecule has 8 rings (SSSR count). The first-order chi connectivity index (χ1) is 20.2. The molecule has 3 aromatic rings. The molecular weight excluding hydrogens is 512 g/mol. The largest absolute Gasteiger partial charge is 0.464 e. The Morgan fingerprint density at radius 1 is 0.634 bits per heavy atom. The molecule has 0 aromatic heterocycles. The Morgan fingerprint density at radius 3 is 1.80 bits per heavy atom. The van der Waals surface area contributed by atoms with E-state index in [1.165, 1.54) is 11.1 Å². The van der Waals surface area contributed by atoms with Crippen LogP contribution in [0, 0.1) is 23.7 Å². The van der Waals surface area contributed by atoms with Crippen molar-refractivity contribution >= 4 is 0 Å². The van der Waals surface area contributed by atoms with Gasteiger partial charge in [-0.1, -0.05) is 98.8 Å². The summed E-state index contributed by atoms with van der Waals surface area (Å²) in [5, 5.41) is 0. The molecule has 4 aliphatic heterocycles. The molecule has 3 aromatic carbocycles. The van der Waals surface area contributed by atoms with E-state index in [9.17, 15) is 0 Å². The SMILES string of the molecule is CC1[C@@H]2[C@@H](O[C@H]3Oc4ccccc4[C@@H]4O[C@H](C5=CC=CCC5)[C@@H](C)[C@H]34)Oc3ccccc3[C@@H]2O[C@@H]1c1ccccc1. The molecule has 1 aliphatic carbocycles. The molecule has 0 N–H and O–H groups in total. The van der Waals surface area contributed by atoms with Crippen molar-refractivity contribution < 1.29 is 23.7 Å². The third-order valence-electron chi connectivity index (χ3n) is 9.83. The van der Waals surface area contributed by atoms with Crippen LogP contribution in [-0.4, -0.2) is 18.7 Å². The van der Waals surface area contributed by atoms with Gasteiger partial charge in [0, 0.05) is 11.1 Å². The van der Waals surface area contributed by atoms with Crippen molar-refractivity contribution in [2.45, 2.75) is 63.7 Å². The smallest absolute Gasteiger partial charge is 0.209 e. The Morgan fingerprint density at radius 2 is 1.20 bits per heavy atom. The van der Waals surface area contributed by atoms with Gasteiger partial charge in [0.1, 0.15) is 11.5 Å². The number of hydrogen-bond acceptors (Lipinski definition) is 5. The van der Waals surface area contributed by atoms with E-state index in [1.54, 1.807) is 0 Å². The van der Waals surface area contributed by atoms with Gasteiger partial charge in [0.05, 0.1) is 36.3 Å². The lowest BCUT2D eigenvalue weighted by molar-refractivity contribution is -0.250. The molecule has 2 saturated heterocycles. The summed E-state index contributed by atoms with van der Waals surface area (Å²) >= 11 is 0. The van der Waals surface area contributed by atoms with Crippen LogP contribution in [0.2, 0.25) is 0 Å². The molecule has 5 nitrogen and oxygen atoms in total. The third kappa shape index (κ3) is 4.17. The van der Waals surface area contributed by atoms with Gasteiger partial charge in [0.25, 0.3) is 0 Å². The predicted octanol–water partition coefficient (Wildman–Crippen LogP) is 7.87. The lowest BCUT2D eigenvalue weighted by Gasteiger charge is -2.41. The van der Waals surface area contributed by atoms with Gasteiger partial charge in [-0.15, -0.1) is 0 Å². The normalized spacial score (nSPS) is 36.7. The molecule has 41 heavy (non-hydrogen) atoms. The Kier molecular flexibility index (Phi) is 6.28. The van der Waals surface area contributed by atoms with E-state index in [4.69, 9.17) is 23.7 Å². The van der Waals surface area contributed by atoms with Gasteiger partial charge in [-0.25, -0.2) is 0 Å². The molecule has 0 radical (unpaired) electrons.